The van der Waals surface area contributed by atoms with E-state index in [4.69, 9.17) is 18.9 Å². The van der Waals surface area contributed by atoms with Gasteiger partial charge in [-0.1, -0.05) is 195 Å². The summed E-state index contributed by atoms with van der Waals surface area (Å²) in [6.45, 7) is 4.40. The van der Waals surface area contributed by atoms with Crippen molar-refractivity contribution in [3.8, 4) is 0 Å². The lowest BCUT2D eigenvalue weighted by Crippen LogP contribution is -2.59. The predicted octanol–water partition coefficient (Wildman–Crippen LogP) is 13.4. The van der Waals surface area contributed by atoms with Crippen LogP contribution in [-0.2, 0) is 23.7 Å². The minimum Gasteiger partial charge on any atom is -0.457 e. The lowest BCUT2D eigenvalue weighted by atomic mass is 9.99. The zero-order chi connectivity index (χ0) is 47.8. The molecule has 0 amide bonds. The quantitative estimate of drug-likeness (QED) is 0.0267. The van der Waals surface area contributed by atoms with E-state index in [0.29, 0.717) is 13.0 Å². The summed E-state index contributed by atoms with van der Waals surface area (Å²) in [4.78, 5) is 12.9. The van der Waals surface area contributed by atoms with Crippen LogP contribution in [-0.4, -0.2) is 89.6 Å². The lowest BCUT2D eigenvalue weighted by Gasteiger charge is -2.39. The van der Waals surface area contributed by atoms with Crippen LogP contribution in [0.2, 0.25) is 0 Å². The van der Waals surface area contributed by atoms with Gasteiger partial charge >= 0.3 is 5.97 Å². The number of aliphatic hydroxyl groups excluding tert-OH is 4. The Balaban J connectivity index is 2.20. The molecule has 0 spiro atoms. The van der Waals surface area contributed by atoms with E-state index in [1.807, 2.05) is 0 Å². The van der Waals surface area contributed by atoms with Crippen molar-refractivity contribution in [2.45, 2.75) is 243 Å². The Bertz CT molecular complexity index is 1280. The molecular formula is C57H98O9. The molecule has 1 heterocycles. The van der Waals surface area contributed by atoms with Gasteiger partial charge in [-0.25, -0.2) is 0 Å². The molecular weight excluding hydrogens is 829 g/mol. The molecule has 0 radical (unpaired) electrons. The summed E-state index contributed by atoms with van der Waals surface area (Å²) >= 11 is 0. The maximum absolute atomic E-state index is 12.9. The summed E-state index contributed by atoms with van der Waals surface area (Å²) in [5.74, 6) is -0.324. The van der Waals surface area contributed by atoms with Crippen LogP contribution in [0, 0.1) is 0 Å². The van der Waals surface area contributed by atoms with Crippen LogP contribution in [0.15, 0.2) is 85.1 Å². The number of allylic oxidation sites excluding steroid dienone is 14. The van der Waals surface area contributed by atoms with Crippen LogP contribution in [0.1, 0.15) is 206 Å². The number of hydrogen-bond donors (Lipinski definition) is 4. The number of carbonyl (C=O) groups excluding carboxylic acids is 1. The summed E-state index contributed by atoms with van der Waals surface area (Å²) in [6.07, 6.45) is 57.5. The molecule has 1 saturated heterocycles. The second kappa shape index (κ2) is 47.4. The van der Waals surface area contributed by atoms with Crippen molar-refractivity contribution in [3.63, 3.8) is 0 Å². The second-order valence-corrected chi connectivity index (χ2v) is 17.9. The highest BCUT2D eigenvalue weighted by Crippen LogP contribution is 2.23. The molecule has 1 rings (SSSR count). The highest BCUT2D eigenvalue weighted by Gasteiger charge is 2.44. The third kappa shape index (κ3) is 37.4. The van der Waals surface area contributed by atoms with E-state index in [9.17, 15) is 25.2 Å². The first-order valence-electron chi connectivity index (χ1n) is 26.7. The summed E-state index contributed by atoms with van der Waals surface area (Å²) in [7, 11) is 0. The van der Waals surface area contributed by atoms with E-state index >= 15 is 0 Å². The van der Waals surface area contributed by atoms with Gasteiger partial charge < -0.3 is 39.4 Å². The molecule has 1 aliphatic rings. The third-order valence-electron chi connectivity index (χ3n) is 11.8. The highest BCUT2D eigenvalue weighted by atomic mass is 16.7. The van der Waals surface area contributed by atoms with Crippen molar-refractivity contribution >= 4 is 5.97 Å². The van der Waals surface area contributed by atoms with Crippen LogP contribution in [0.5, 0.6) is 0 Å². The Morgan fingerprint density at radius 3 is 1.39 bits per heavy atom. The maximum Gasteiger partial charge on any atom is 0.306 e. The molecule has 0 saturated carbocycles. The second-order valence-electron chi connectivity index (χ2n) is 17.9. The molecule has 0 aromatic heterocycles. The normalized spacial score (nSPS) is 20.0. The molecule has 9 heteroatoms. The summed E-state index contributed by atoms with van der Waals surface area (Å²) in [5.41, 5.74) is 0. The standard InChI is InChI=1S/C57H98O9/c1-3-5-7-9-11-13-15-17-19-21-23-24-25-26-27-28-29-30-32-34-36-38-40-42-44-46-53(59)65-51(50-64-57-56(62)55(61)54(60)52(48-58)66-57)49-63-47-45-43-41-39-37-35-33-31-22-20-18-16-14-12-10-8-6-4-2/h5,7,11-14,17-20,23-24,26-27,51-52,54-58,60-62H,3-4,6,8-10,15-16,21-22,25,28-50H2,1-2H3/b7-5-,13-11-,14-12-,19-17-,20-18-,24-23-,27-26-. The average molecular weight is 927 g/mol. The first-order chi connectivity index (χ1) is 32.4. The van der Waals surface area contributed by atoms with Crippen LogP contribution in [0.25, 0.3) is 0 Å². The molecule has 9 nitrogen and oxygen atoms in total. The molecule has 4 N–H and O–H groups in total. The van der Waals surface area contributed by atoms with E-state index in [0.717, 1.165) is 77.0 Å². The van der Waals surface area contributed by atoms with Gasteiger partial charge in [-0.15, -0.1) is 0 Å². The van der Waals surface area contributed by atoms with Crippen LogP contribution in [0.3, 0.4) is 0 Å². The van der Waals surface area contributed by atoms with Crippen molar-refractivity contribution in [1.82, 2.24) is 0 Å². The van der Waals surface area contributed by atoms with Gasteiger partial charge in [-0.05, 0) is 89.9 Å². The summed E-state index contributed by atoms with van der Waals surface area (Å²) in [5, 5.41) is 40.3. The molecule has 0 bridgehead atoms. The van der Waals surface area contributed by atoms with E-state index in [-0.39, 0.29) is 19.2 Å². The number of ether oxygens (including phenoxy) is 4. The zero-order valence-corrected chi connectivity index (χ0v) is 41.9. The zero-order valence-electron chi connectivity index (χ0n) is 41.9. The predicted molar refractivity (Wildman–Crippen MR) is 274 cm³/mol. The van der Waals surface area contributed by atoms with Crippen LogP contribution >= 0.6 is 0 Å². The van der Waals surface area contributed by atoms with Gasteiger partial charge in [-0.2, -0.15) is 0 Å². The van der Waals surface area contributed by atoms with Crippen molar-refractivity contribution in [2.75, 3.05) is 26.4 Å². The largest absolute Gasteiger partial charge is 0.457 e. The Labute approximate surface area is 403 Å². The SMILES string of the molecule is CC/C=C\C/C=C\C/C=C\C/C=C\C/C=C\CCCCCCCCCCCC(=O)OC(COCCCCCCCCCC/C=C\C/C=C\CCCCC)COC1OC(CO)C(O)C(O)C1O. The van der Waals surface area contributed by atoms with Gasteiger partial charge in [0.2, 0.25) is 0 Å². The Morgan fingerprint density at radius 1 is 0.500 bits per heavy atom. The Kier molecular flexibility index (Phi) is 44.1. The number of unbranched alkanes of at least 4 members (excludes halogenated alkanes) is 20. The monoisotopic (exact) mass is 927 g/mol. The molecule has 6 atom stereocenters. The fraction of sp³-hybridized carbons (Fsp3) is 0.737. The number of carbonyl (C=O) groups is 1. The van der Waals surface area contributed by atoms with Gasteiger partial charge in [0.05, 0.1) is 19.8 Å². The summed E-state index contributed by atoms with van der Waals surface area (Å²) < 4.78 is 22.9. The van der Waals surface area contributed by atoms with Crippen molar-refractivity contribution in [1.29, 1.82) is 0 Å². The highest BCUT2D eigenvalue weighted by molar-refractivity contribution is 5.69. The molecule has 1 fully saturated rings. The summed E-state index contributed by atoms with van der Waals surface area (Å²) in [6, 6.07) is 0. The number of esters is 1. The molecule has 0 aromatic rings. The first kappa shape index (κ1) is 61.4. The first-order valence-corrected chi connectivity index (χ1v) is 26.7. The molecule has 380 valence electrons. The van der Waals surface area contributed by atoms with E-state index < -0.39 is 43.4 Å². The number of rotatable bonds is 45. The third-order valence-corrected chi connectivity index (χ3v) is 11.8. The van der Waals surface area contributed by atoms with E-state index in [1.165, 1.54) is 109 Å². The van der Waals surface area contributed by atoms with Gasteiger partial charge in [0.15, 0.2) is 6.29 Å². The Hall–Kier alpha value is -2.63. The van der Waals surface area contributed by atoms with Gasteiger partial charge in [0, 0.05) is 13.0 Å². The maximum atomic E-state index is 12.9. The minimum atomic E-state index is -1.54. The van der Waals surface area contributed by atoms with Gasteiger partial charge in [0.1, 0.15) is 30.5 Å². The molecule has 0 aliphatic carbocycles. The van der Waals surface area contributed by atoms with Crippen molar-refractivity contribution in [2.24, 2.45) is 0 Å². The molecule has 6 unspecified atom stereocenters. The molecule has 66 heavy (non-hydrogen) atoms. The fourth-order valence-electron chi connectivity index (χ4n) is 7.67. The lowest BCUT2D eigenvalue weighted by molar-refractivity contribution is -0.305. The minimum absolute atomic E-state index is 0.122. The molecule has 1 aliphatic heterocycles. The van der Waals surface area contributed by atoms with Gasteiger partial charge in [0.25, 0.3) is 0 Å². The number of hydrogen-bond acceptors (Lipinski definition) is 9. The van der Waals surface area contributed by atoms with Crippen molar-refractivity contribution in [3.05, 3.63) is 85.1 Å². The topological polar surface area (TPSA) is 135 Å². The fourth-order valence-corrected chi connectivity index (χ4v) is 7.67. The van der Waals surface area contributed by atoms with Crippen LogP contribution < -0.4 is 0 Å². The van der Waals surface area contributed by atoms with Crippen LogP contribution in [0.4, 0.5) is 0 Å². The van der Waals surface area contributed by atoms with Gasteiger partial charge in [-0.3, -0.25) is 4.79 Å². The average Bonchev–Trinajstić information content (AvgIpc) is 3.32. The van der Waals surface area contributed by atoms with E-state index in [2.05, 4.69) is 98.9 Å². The Morgan fingerprint density at radius 2 is 0.924 bits per heavy atom. The number of aliphatic hydroxyl groups is 4. The smallest absolute Gasteiger partial charge is 0.306 e. The molecule has 0 aromatic carbocycles. The van der Waals surface area contributed by atoms with Crippen molar-refractivity contribution < 1.29 is 44.2 Å². The van der Waals surface area contributed by atoms with E-state index in [1.54, 1.807) is 0 Å².